The Morgan fingerprint density at radius 3 is 1.06 bits per heavy atom. The van der Waals surface area contributed by atoms with E-state index in [0.29, 0.717) is 42.5 Å². The van der Waals surface area contributed by atoms with Crippen molar-refractivity contribution in [2.75, 3.05) is 140 Å². The second-order valence-corrected chi connectivity index (χ2v) is 52.5. The van der Waals surface area contributed by atoms with E-state index in [1.807, 2.05) is 18.6 Å². The van der Waals surface area contributed by atoms with E-state index >= 15 is 0 Å². The van der Waals surface area contributed by atoms with Gasteiger partial charge < -0.3 is 64.2 Å². The summed E-state index contributed by atoms with van der Waals surface area (Å²) in [6.07, 6.45) is 17.9. The van der Waals surface area contributed by atoms with Gasteiger partial charge in [-0.15, -0.1) is 35.3 Å². The van der Waals surface area contributed by atoms with Crippen molar-refractivity contribution in [3.8, 4) is 0 Å². The van der Waals surface area contributed by atoms with Crippen molar-refractivity contribution in [2.45, 2.75) is 202 Å². The first-order chi connectivity index (χ1) is 67.2. The predicted octanol–water partition coefficient (Wildman–Crippen LogP) is 17.8. The first-order valence-electron chi connectivity index (χ1n) is 50.1. The number of nitrogens with zero attached hydrogens (tertiary/aromatic N) is 7. The summed E-state index contributed by atoms with van der Waals surface area (Å²) in [5.41, 5.74) is 12.6. The van der Waals surface area contributed by atoms with Gasteiger partial charge in [0.25, 0.3) is 17.7 Å². The number of benzene rings is 9. The normalized spacial score (nSPS) is 17.2. The van der Waals surface area contributed by atoms with Crippen molar-refractivity contribution >= 4 is 172 Å². The van der Waals surface area contributed by atoms with Crippen LogP contribution >= 0.6 is 35.3 Å². The smallest absolute Gasteiger partial charge is 0.341 e. The van der Waals surface area contributed by atoms with Gasteiger partial charge in [0.05, 0.1) is 40.3 Å². The highest BCUT2D eigenvalue weighted by atomic mass is 32.2. The Morgan fingerprint density at radius 2 is 0.719 bits per heavy atom. The molecule has 0 aliphatic carbocycles. The number of aromatic carboxylic acids is 2. The number of ether oxygens (including phenoxy) is 3. The van der Waals surface area contributed by atoms with Crippen LogP contribution in [0.5, 0.6) is 0 Å². The van der Waals surface area contributed by atoms with Crippen LogP contribution in [0.4, 0.5) is 34.1 Å². The first-order valence-corrected chi connectivity index (χ1v) is 61.0. The second kappa shape index (κ2) is 43.6. The SMILES string of the molecule is CCN(CC)c1ccc2c(c1)[Si]1(CCCCC1)c1cc(N(CC)CC)ccc1C21OC(=O)c2cc(SC)c(C(=O)NCCN3C(=O)C=CC3=O)cc21.CCN(CC)c1ccc2c(c1)[Si]1(CCCCC1)c1cc(N(CC)CC)ccc1C21OC(=O)c2cc(SC)c(C(=O)O)cc21.CSc1cc2c(cc1C(=O)O)C(O)OC2=O.[CH2+]CN(CC)c1cccc([Si]2(c3cccc(N(CC)CC)c3)CCCCC2)c1. The van der Waals surface area contributed by atoms with Crippen molar-refractivity contribution in [2.24, 2.45) is 0 Å². The van der Waals surface area contributed by atoms with E-state index in [1.165, 1.54) is 196 Å². The lowest BCUT2D eigenvalue weighted by molar-refractivity contribution is -0.136. The van der Waals surface area contributed by atoms with Crippen LogP contribution in [-0.2, 0) is 35.0 Å². The number of imide groups is 1. The molecule has 3 amide bonds. The van der Waals surface area contributed by atoms with E-state index in [9.17, 15) is 48.6 Å². The van der Waals surface area contributed by atoms with Crippen molar-refractivity contribution in [1.29, 1.82) is 0 Å². The minimum Gasteiger partial charge on any atom is -0.478 e. The van der Waals surface area contributed by atoms with Gasteiger partial charge in [-0.1, -0.05) is 117 Å². The van der Waals surface area contributed by atoms with Gasteiger partial charge >= 0.3 is 29.8 Å². The van der Waals surface area contributed by atoms with Crippen LogP contribution in [0, 0.1) is 6.92 Å². The number of hydrogen-bond acceptors (Lipinski definition) is 21. The molecule has 0 saturated carbocycles. The van der Waals surface area contributed by atoms with Gasteiger partial charge in [0.1, 0.15) is 24.2 Å². The molecule has 18 rings (SSSR count). The molecule has 22 nitrogen and oxygen atoms in total. The third-order valence-corrected chi connectivity index (χ3v) is 49.0. The number of carbonyl (C=O) groups excluding carboxylic acids is 6. The summed E-state index contributed by atoms with van der Waals surface area (Å²) >= 11 is 3.96. The first kappa shape index (κ1) is 102. The third kappa shape index (κ3) is 18.7. The maximum atomic E-state index is 14.2. The van der Waals surface area contributed by atoms with E-state index in [-0.39, 0.29) is 59.0 Å². The van der Waals surface area contributed by atoms with Gasteiger partial charge in [-0.05, 0) is 261 Å². The Labute approximate surface area is 835 Å². The molecule has 4 spiro atoms. The van der Waals surface area contributed by atoms with Crippen LogP contribution in [-0.4, -0.2) is 202 Å². The quantitative estimate of drug-likeness (QED) is 0.00848. The Morgan fingerprint density at radius 1 is 0.396 bits per heavy atom. The summed E-state index contributed by atoms with van der Waals surface area (Å²) in [5.74, 6) is -4.62. The van der Waals surface area contributed by atoms with Gasteiger partial charge in [-0.25, -0.2) is 24.0 Å². The molecule has 4 N–H and O–H groups in total. The molecular weight excluding hydrogens is 1850 g/mol. The molecule has 0 aromatic heterocycles. The van der Waals surface area contributed by atoms with Gasteiger partial charge in [-0.3, -0.25) is 19.3 Å². The van der Waals surface area contributed by atoms with Crippen molar-refractivity contribution < 1.29 is 67.9 Å². The molecule has 9 aromatic carbocycles. The molecule has 9 heterocycles. The number of carbonyl (C=O) groups is 8. The summed E-state index contributed by atoms with van der Waals surface area (Å²) in [6, 6.07) is 63.4. The summed E-state index contributed by atoms with van der Waals surface area (Å²) in [6.45, 7) is 39.7. The molecule has 3 saturated heterocycles. The molecule has 9 aliphatic heterocycles. The summed E-state index contributed by atoms with van der Waals surface area (Å²) < 4.78 is 18.0. The number of nitrogens with one attached hydrogen (secondary N) is 1. The number of anilines is 6. The Hall–Kier alpha value is -11.0. The number of aliphatic hydroxyl groups excluding tert-OH is 1. The van der Waals surface area contributed by atoms with E-state index < -0.39 is 65.6 Å². The van der Waals surface area contributed by atoms with E-state index in [0.717, 1.165) is 118 Å². The molecule has 0 bridgehead atoms. The minimum atomic E-state index is -2.34. The average Bonchev–Trinajstić information content (AvgIpc) is 1.57. The highest BCUT2D eigenvalue weighted by molar-refractivity contribution is 7.99. The number of carboxylic acid groups (broad SMARTS) is 2. The molecule has 9 aromatic rings. The standard InChI is InChI=1S/C41H48N4O5SSi.C35H42N2O4SSi.C25H37N2Si.C10H8O5S/c1-6-43(7-2)27-13-15-31-35(23-27)52(21-11-10-12-22-52)36-24-28(44(8-3)9-4)14-16-32(36)41(31)33-25-30(34(51-5)26-29(33)40(49)50-41)39(48)42-19-20-45-37(46)17-18-38(45)47;1-6-36(7-2)23-13-15-27-31(19-23)43(17-11-10-12-18-43)32-20-24(37(8-3)9-4)14-16-28(32)35(27)29-21-26(33(38)39)30(42-5)22-25(29)34(40)41-35;1-5-26(6-2)22-14-12-16-24(20-22)28(18-10-9-11-19-28)25-17-13-15-23(21-25)27(7-3)8-4;1-16-7-3-5-4(2-6(7)8(11)12)9(13)15-10(5)14/h13-18,23-26H,6-12,19-22H2,1-5H3,(H,42,48);13-16,19-22H,6-12,17-18H2,1-5H3,(H,38,39);12-17,20-21H,1,5-11,18-19H2,2-4H3;2-3,9,13H,1H3,(H,11,12)/q;;+1;. The zero-order chi connectivity index (χ0) is 99.2. The average molecular weight is 1990 g/mol. The fraction of sp³-hybridized carbons (Fsp3) is 0.414. The second-order valence-electron chi connectivity index (χ2n) is 37.2. The highest BCUT2D eigenvalue weighted by Gasteiger charge is 2.62. The van der Waals surface area contributed by atoms with Crippen molar-refractivity contribution in [3.05, 3.63) is 249 Å². The molecule has 1 unspecified atom stereocenters. The maximum Gasteiger partial charge on any atom is 0.341 e. The minimum absolute atomic E-state index is 0.0589. The van der Waals surface area contributed by atoms with Crippen LogP contribution in [0.25, 0.3) is 0 Å². The number of esters is 3. The van der Waals surface area contributed by atoms with E-state index in [1.54, 1.807) is 34.8 Å². The number of fused-ring (bicyclic) bond motifs is 17. The molecule has 139 heavy (non-hydrogen) atoms. The Kier molecular flexibility index (Phi) is 32.1. The number of carboxylic acids is 2. The lowest BCUT2D eigenvalue weighted by Crippen LogP contribution is -2.67. The van der Waals surface area contributed by atoms with Crippen LogP contribution in [0.3, 0.4) is 0 Å². The van der Waals surface area contributed by atoms with Crippen molar-refractivity contribution in [1.82, 2.24) is 10.2 Å². The molecule has 0 radical (unpaired) electrons. The van der Waals surface area contributed by atoms with Gasteiger partial charge in [0.15, 0.2) is 17.7 Å². The molecule has 732 valence electrons. The summed E-state index contributed by atoms with van der Waals surface area (Å²) in [5, 5.41) is 40.1. The predicted molar refractivity (Wildman–Crippen MR) is 573 cm³/mol. The number of thioether (sulfide) groups is 3. The van der Waals surface area contributed by atoms with Gasteiger partial charge in [0, 0.05) is 185 Å². The number of rotatable bonds is 29. The van der Waals surface area contributed by atoms with E-state index in [2.05, 4.69) is 244 Å². The zero-order valence-electron chi connectivity index (χ0n) is 83.1. The molecule has 3 fully saturated rings. The number of amides is 3. The van der Waals surface area contributed by atoms with Crippen LogP contribution < -0.4 is 65.8 Å². The molecular formula is C111H135N8O14S3Si3+. The zero-order valence-corrected chi connectivity index (χ0v) is 88.6. The summed E-state index contributed by atoms with van der Waals surface area (Å²) in [7, 11) is -6.33. The lowest BCUT2D eigenvalue weighted by Gasteiger charge is -2.48. The fourth-order valence-corrected chi connectivity index (χ4v) is 42.0. The topological polar surface area (TPSA) is 260 Å². The molecule has 9 aliphatic rings. The van der Waals surface area contributed by atoms with Gasteiger partial charge in [0.2, 0.25) is 6.29 Å². The lowest BCUT2D eigenvalue weighted by atomic mass is 9.78. The number of cyclic esters (lactones) is 1. The van der Waals surface area contributed by atoms with Crippen LogP contribution in [0.1, 0.15) is 241 Å². The molecule has 1 atom stereocenters. The fourth-order valence-electron chi connectivity index (χ4n) is 23.6. The van der Waals surface area contributed by atoms with Crippen LogP contribution in [0.2, 0.25) is 36.3 Å². The van der Waals surface area contributed by atoms with Crippen LogP contribution in [0.15, 0.2) is 185 Å². The Balaban J connectivity index is 0.000000151. The van der Waals surface area contributed by atoms with Gasteiger partial charge in [-0.2, -0.15) is 0 Å². The third-order valence-electron chi connectivity index (χ3n) is 30.8. The Bertz CT molecular complexity index is 5980. The maximum absolute atomic E-state index is 14.2. The highest BCUT2D eigenvalue weighted by Crippen LogP contribution is 2.55. The molecule has 28 heteroatoms. The largest absolute Gasteiger partial charge is 0.478 e. The number of aliphatic hydroxyl groups is 1. The van der Waals surface area contributed by atoms with Crippen molar-refractivity contribution in [3.63, 3.8) is 0 Å². The monoisotopic (exact) mass is 1980 g/mol. The van der Waals surface area contributed by atoms with E-state index in [4.69, 9.17) is 14.6 Å². The number of hydrogen-bond donors (Lipinski definition) is 4. The summed E-state index contributed by atoms with van der Waals surface area (Å²) in [4.78, 5) is 118.